The number of ether oxygens (including phenoxy) is 1. The molecule has 0 saturated carbocycles. The highest BCUT2D eigenvalue weighted by Crippen LogP contribution is 2.47. The molecular formula is C36H23NO. The molecule has 6 aromatic carbocycles. The average Bonchev–Trinajstić information content (AvgIpc) is 3.24. The number of hydrogen-bond donors (Lipinski definition) is 0. The SMILES string of the molecule is c1ccc(-n2c3ccccc3c3cc(-c4ccc5c(c4)-c4ccccc4-c4ccccc4O5)ccc32)cc1. The van der Waals surface area contributed by atoms with Crippen molar-refractivity contribution in [3.8, 4) is 50.6 Å². The lowest BCUT2D eigenvalue weighted by atomic mass is 9.92. The minimum Gasteiger partial charge on any atom is -0.456 e. The number of benzene rings is 6. The van der Waals surface area contributed by atoms with Crippen molar-refractivity contribution in [1.82, 2.24) is 4.57 Å². The van der Waals surface area contributed by atoms with Gasteiger partial charge in [-0.15, -0.1) is 0 Å². The van der Waals surface area contributed by atoms with E-state index in [-0.39, 0.29) is 0 Å². The van der Waals surface area contributed by atoms with Crippen LogP contribution in [0.5, 0.6) is 11.5 Å². The van der Waals surface area contributed by atoms with Crippen molar-refractivity contribution in [2.24, 2.45) is 0 Å². The minimum atomic E-state index is 0.882. The number of nitrogens with zero attached hydrogens (tertiary/aromatic N) is 1. The van der Waals surface area contributed by atoms with Crippen LogP contribution in [-0.4, -0.2) is 4.57 Å². The van der Waals surface area contributed by atoms with E-state index >= 15 is 0 Å². The maximum absolute atomic E-state index is 6.45. The summed E-state index contributed by atoms with van der Waals surface area (Å²) in [6.07, 6.45) is 0. The van der Waals surface area contributed by atoms with Crippen molar-refractivity contribution in [1.29, 1.82) is 0 Å². The van der Waals surface area contributed by atoms with Gasteiger partial charge in [0.25, 0.3) is 0 Å². The first kappa shape index (κ1) is 21.0. The Morgan fingerprint density at radius 2 is 1.00 bits per heavy atom. The van der Waals surface area contributed by atoms with Crippen LogP contribution in [0.15, 0.2) is 140 Å². The number of aromatic nitrogens is 1. The van der Waals surface area contributed by atoms with Crippen molar-refractivity contribution in [3.63, 3.8) is 0 Å². The molecule has 0 N–H and O–H groups in total. The molecular weight excluding hydrogens is 462 g/mol. The highest BCUT2D eigenvalue weighted by atomic mass is 16.5. The molecule has 178 valence electrons. The molecule has 0 spiro atoms. The standard InChI is InChI=1S/C36H23NO/c1-2-10-26(11-3-1)37-33-16-8-6-14-29(33)31-22-24(18-20-34(31)37)25-19-21-36-32(23-25)28-13-5-4-12-27(28)30-15-7-9-17-35(30)38-36/h1-23H. The Morgan fingerprint density at radius 1 is 0.395 bits per heavy atom. The van der Waals surface area contributed by atoms with Gasteiger partial charge in [0.2, 0.25) is 0 Å². The molecule has 0 saturated heterocycles. The van der Waals surface area contributed by atoms with Crippen molar-refractivity contribution >= 4 is 21.8 Å². The van der Waals surface area contributed by atoms with Crippen LogP contribution < -0.4 is 4.74 Å². The molecule has 0 amide bonds. The lowest BCUT2D eigenvalue weighted by molar-refractivity contribution is 0.488. The summed E-state index contributed by atoms with van der Waals surface area (Å²) in [4.78, 5) is 0. The summed E-state index contributed by atoms with van der Waals surface area (Å²) in [5.41, 5.74) is 10.6. The van der Waals surface area contributed by atoms with Gasteiger partial charge in [-0.2, -0.15) is 0 Å². The third-order valence-corrected chi connectivity index (χ3v) is 7.61. The van der Waals surface area contributed by atoms with Gasteiger partial charge < -0.3 is 9.30 Å². The molecule has 0 bridgehead atoms. The fourth-order valence-corrected chi connectivity index (χ4v) is 5.87. The monoisotopic (exact) mass is 485 g/mol. The second-order valence-electron chi connectivity index (χ2n) is 9.77. The van der Waals surface area contributed by atoms with Crippen LogP contribution >= 0.6 is 0 Å². The van der Waals surface area contributed by atoms with E-state index in [2.05, 4.69) is 132 Å². The van der Waals surface area contributed by atoms with Gasteiger partial charge in [-0.25, -0.2) is 0 Å². The molecule has 0 atom stereocenters. The summed E-state index contributed by atoms with van der Waals surface area (Å²) < 4.78 is 8.81. The lowest BCUT2D eigenvalue weighted by Gasteiger charge is -2.12. The lowest BCUT2D eigenvalue weighted by Crippen LogP contribution is -1.92. The summed E-state index contributed by atoms with van der Waals surface area (Å²) in [6.45, 7) is 0. The Hall–Kier alpha value is -5.08. The third kappa shape index (κ3) is 3.14. The van der Waals surface area contributed by atoms with Gasteiger partial charge in [-0.05, 0) is 70.8 Å². The summed E-state index contributed by atoms with van der Waals surface area (Å²) in [6, 6.07) is 49.5. The molecule has 0 aliphatic carbocycles. The Bertz CT molecular complexity index is 2000. The Labute approximate surface area is 221 Å². The van der Waals surface area contributed by atoms with E-state index in [1.165, 1.54) is 49.7 Å². The average molecular weight is 486 g/mol. The van der Waals surface area contributed by atoms with E-state index in [9.17, 15) is 0 Å². The Morgan fingerprint density at radius 3 is 1.87 bits per heavy atom. The molecule has 1 aliphatic rings. The molecule has 0 radical (unpaired) electrons. The Kier molecular flexibility index (Phi) is 4.55. The molecule has 2 heteroatoms. The predicted molar refractivity (Wildman–Crippen MR) is 157 cm³/mol. The van der Waals surface area contributed by atoms with Crippen molar-refractivity contribution in [2.75, 3.05) is 0 Å². The topological polar surface area (TPSA) is 14.2 Å². The van der Waals surface area contributed by atoms with Gasteiger partial charge in [0.05, 0.1) is 11.0 Å². The highest BCUT2D eigenvalue weighted by molar-refractivity contribution is 6.10. The number of fused-ring (bicyclic) bond motifs is 8. The second kappa shape index (κ2) is 8.22. The normalized spacial score (nSPS) is 11.9. The van der Waals surface area contributed by atoms with E-state index in [0.717, 1.165) is 22.6 Å². The van der Waals surface area contributed by atoms with Gasteiger partial charge in [-0.1, -0.05) is 91.0 Å². The molecule has 2 heterocycles. The zero-order valence-electron chi connectivity index (χ0n) is 20.6. The first-order chi connectivity index (χ1) is 18.8. The quantitative estimate of drug-likeness (QED) is 0.238. The van der Waals surface area contributed by atoms with Gasteiger partial charge in [-0.3, -0.25) is 0 Å². The molecule has 0 unspecified atom stereocenters. The number of hydrogen-bond acceptors (Lipinski definition) is 1. The highest BCUT2D eigenvalue weighted by Gasteiger charge is 2.21. The van der Waals surface area contributed by atoms with Crippen LogP contribution in [0, 0.1) is 0 Å². The predicted octanol–water partition coefficient (Wildman–Crippen LogP) is 9.89. The minimum absolute atomic E-state index is 0.882. The van der Waals surface area contributed by atoms with E-state index in [4.69, 9.17) is 4.74 Å². The number of para-hydroxylation sites is 3. The zero-order chi connectivity index (χ0) is 25.1. The largest absolute Gasteiger partial charge is 0.456 e. The molecule has 1 aliphatic heterocycles. The van der Waals surface area contributed by atoms with Gasteiger partial charge in [0.15, 0.2) is 0 Å². The summed E-state index contributed by atoms with van der Waals surface area (Å²) >= 11 is 0. The van der Waals surface area contributed by atoms with Crippen molar-refractivity contribution < 1.29 is 4.74 Å². The summed E-state index contributed by atoms with van der Waals surface area (Å²) in [5, 5.41) is 2.51. The smallest absolute Gasteiger partial charge is 0.135 e. The Balaban J connectivity index is 1.33. The molecule has 1 aromatic heterocycles. The van der Waals surface area contributed by atoms with E-state index in [1.54, 1.807) is 0 Å². The van der Waals surface area contributed by atoms with E-state index in [0.29, 0.717) is 0 Å². The fraction of sp³-hybridized carbons (Fsp3) is 0. The molecule has 7 aromatic rings. The molecule has 0 fully saturated rings. The fourth-order valence-electron chi connectivity index (χ4n) is 5.87. The molecule has 8 rings (SSSR count). The van der Waals surface area contributed by atoms with E-state index < -0.39 is 0 Å². The van der Waals surface area contributed by atoms with Gasteiger partial charge in [0.1, 0.15) is 11.5 Å². The summed E-state index contributed by atoms with van der Waals surface area (Å²) in [5.74, 6) is 1.77. The van der Waals surface area contributed by atoms with Crippen LogP contribution in [0.2, 0.25) is 0 Å². The van der Waals surface area contributed by atoms with Gasteiger partial charge >= 0.3 is 0 Å². The van der Waals surface area contributed by atoms with Crippen molar-refractivity contribution in [3.05, 3.63) is 140 Å². The van der Waals surface area contributed by atoms with Crippen LogP contribution in [0.4, 0.5) is 0 Å². The second-order valence-corrected chi connectivity index (χ2v) is 9.77. The maximum atomic E-state index is 6.45. The van der Waals surface area contributed by atoms with Crippen LogP contribution in [-0.2, 0) is 0 Å². The number of rotatable bonds is 2. The summed E-state index contributed by atoms with van der Waals surface area (Å²) in [7, 11) is 0. The van der Waals surface area contributed by atoms with Crippen molar-refractivity contribution in [2.45, 2.75) is 0 Å². The van der Waals surface area contributed by atoms with Crippen LogP contribution in [0.1, 0.15) is 0 Å². The van der Waals surface area contributed by atoms with E-state index in [1.807, 2.05) is 12.1 Å². The molecule has 2 nitrogen and oxygen atoms in total. The zero-order valence-corrected chi connectivity index (χ0v) is 20.6. The first-order valence-corrected chi connectivity index (χ1v) is 12.9. The first-order valence-electron chi connectivity index (χ1n) is 12.9. The van der Waals surface area contributed by atoms with Crippen LogP contribution in [0.25, 0.3) is 60.9 Å². The molecule has 38 heavy (non-hydrogen) atoms. The van der Waals surface area contributed by atoms with Gasteiger partial charge in [0, 0.05) is 27.6 Å². The third-order valence-electron chi connectivity index (χ3n) is 7.61. The maximum Gasteiger partial charge on any atom is 0.135 e. The van der Waals surface area contributed by atoms with Crippen LogP contribution in [0.3, 0.4) is 0 Å².